The summed E-state index contributed by atoms with van der Waals surface area (Å²) in [4.78, 5) is 19.7. The molecule has 1 saturated carbocycles. The Kier molecular flexibility index (Phi) is 2.48. The third-order valence-corrected chi connectivity index (χ3v) is 5.81. The zero-order valence-corrected chi connectivity index (χ0v) is 12.4. The van der Waals surface area contributed by atoms with E-state index in [0.717, 1.165) is 11.1 Å². The minimum Gasteiger partial charge on any atom is -0.463 e. The van der Waals surface area contributed by atoms with Gasteiger partial charge >= 0.3 is 0 Å². The Bertz CT molecular complexity index is 741. The number of rotatable bonds is 2. The first-order valence-electron chi connectivity index (χ1n) is 8.16. The standard InChI is InChI=1S/C17H19N3O2/c21-16(13-1-2-14-12(18-13)5-10-22-14)19-15-11-3-8-20(9-4-11)17(15)6-7-17/h1-2,5,10-11,15H,3-4,6-9H2,(H,19,21)/t15-/m0/s1. The number of nitrogens with zero attached hydrogens (tertiary/aromatic N) is 2. The van der Waals surface area contributed by atoms with Gasteiger partial charge in [-0.15, -0.1) is 0 Å². The fourth-order valence-electron chi connectivity index (χ4n) is 4.52. The van der Waals surface area contributed by atoms with Gasteiger partial charge in [-0.3, -0.25) is 9.69 Å². The predicted molar refractivity (Wildman–Crippen MR) is 81.5 cm³/mol. The van der Waals surface area contributed by atoms with Crippen molar-refractivity contribution in [2.45, 2.75) is 37.3 Å². The van der Waals surface area contributed by atoms with E-state index < -0.39 is 0 Å². The van der Waals surface area contributed by atoms with Gasteiger partial charge in [0, 0.05) is 11.6 Å². The van der Waals surface area contributed by atoms with Gasteiger partial charge in [0.25, 0.3) is 5.91 Å². The molecule has 1 amide bonds. The van der Waals surface area contributed by atoms with Crippen LogP contribution in [0.1, 0.15) is 36.2 Å². The van der Waals surface area contributed by atoms with Crippen molar-refractivity contribution >= 4 is 17.0 Å². The number of nitrogens with one attached hydrogen (secondary N) is 1. The lowest BCUT2D eigenvalue weighted by Gasteiger charge is -2.52. The number of pyridine rings is 1. The molecule has 6 rings (SSSR count). The van der Waals surface area contributed by atoms with Crippen molar-refractivity contribution in [3.05, 3.63) is 30.2 Å². The van der Waals surface area contributed by atoms with Crippen LogP contribution in [0.5, 0.6) is 0 Å². The van der Waals surface area contributed by atoms with Gasteiger partial charge in [-0.05, 0) is 56.8 Å². The molecule has 5 nitrogen and oxygen atoms in total. The van der Waals surface area contributed by atoms with Gasteiger partial charge in [0.1, 0.15) is 11.2 Å². The molecular weight excluding hydrogens is 278 g/mol. The quantitative estimate of drug-likeness (QED) is 0.923. The van der Waals surface area contributed by atoms with Crippen LogP contribution in [0, 0.1) is 5.92 Å². The summed E-state index contributed by atoms with van der Waals surface area (Å²) >= 11 is 0. The fraction of sp³-hybridized carbons (Fsp3) is 0.529. The van der Waals surface area contributed by atoms with E-state index in [1.807, 2.05) is 6.07 Å². The molecule has 0 unspecified atom stereocenters. The Hall–Kier alpha value is -1.88. The Balaban J connectivity index is 1.42. The summed E-state index contributed by atoms with van der Waals surface area (Å²) in [7, 11) is 0. The number of amides is 1. The summed E-state index contributed by atoms with van der Waals surface area (Å²) in [5.74, 6) is 0.585. The van der Waals surface area contributed by atoms with Crippen molar-refractivity contribution in [2.75, 3.05) is 13.1 Å². The molecule has 2 aromatic rings. The number of carbonyl (C=O) groups is 1. The number of piperidine rings is 3. The van der Waals surface area contributed by atoms with Gasteiger partial charge < -0.3 is 9.73 Å². The molecule has 3 saturated heterocycles. The molecule has 3 aliphatic heterocycles. The normalized spacial score (nSPS) is 31.5. The molecule has 1 spiro atoms. The van der Waals surface area contributed by atoms with Crippen molar-refractivity contribution in [3.8, 4) is 0 Å². The zero-order valence-electron chi connectivity index (χ0n) is 12.4. The van der Waals surface area contributed by atoms with E-state index in [2.05, 4.69) is 15.2 Å². The van der Waals surface area contributed by atoms with Crippen molar-refractivity contribution in [3.63, 3.8) is 0 Å². The maximum absolute atomic E-state index is 12.6. The van der Waals surface area contributed by atoms with E-state index in [1.54, 1.807) is 18.4 Å². The summed E-state index contributed by atoms with van der Waals surface area (Å²) in [5.41, 5.74) is 2.21. The minimum absolute atomic E-state index is 0.0480. The Labute approximate surface area is 128 Å². The Morgan fingerprint density at radius 3 is 2.86 bits per heavy atom. The van der Waals surface area contributed by atoms with Crippen LogP contribution in [-0.2, 0) is 0 Å². The second-order valence-electron chi connectivity index (χ2n) is 6.88. The number of hydrogen-bond acceptors (Lipinski definition) is 4. The SMILES string of the molecule is O=C(N[C@H]1C2CCN(CC2)C12CC2)c1ccc2occc2n1. The molecule has 0 radical (unpaired) electrons. The molecule has 0 aromatic carbocycles. The second kappa shape index (κ2) is 4.32. The third-order valence-electron chi connectivity index (χ3n) is 5.81. The smallest absolute Gasteiger partial charge is 0.270 e. The lowest BCUT2D eigenvalue weighted by Crippen LogP contribution is -2.65. The highest BCUT2D eigenvalue weighted by Gasteiger charge is 2.60. The monoisotopic (exact) mass is 297 g/mol. The van der Waals surface area contributed by atoms with E-state index in [1.165, 1.54) is 38.8 Å². The van der Waals surface area contributed by atoms with Gasteiger partial charge in [-0.2, -0.15) is 0 Å². The summed E-state index contributed by atoms with van der Waals surface area (Å²) in [5, 5.41) is 3.30. The lowest BCUT2D eigenvalue weighted by atomic mass is 9.77. The molecule has 2 aromatic heterocycles. The van der Waals surface area contributed by atoms with Gasteiger partial charge in [-0.25, -0.2) is 4.98 Å². The largest absolute Gasteiger partial charge is 0.463 e. The van der Waals surface area contributed by atoms with Crippen LogP contribution >= 0.6 is 0 Å². The average molecular weight is 297 g/mol. The Morgan fingerprint density at radius 1 is 1.27 bits per heavy atom. The molecule has 5 heterocycles. The van der Waals surface area contributed by atoms with E-state index >= 15 is 0 Å². The molecule has 2 bridgehead atoms. The van der Waals surface area contributed by atoms with Gasteiger partial charge in [0.15, 0.2) is 5.58 Å². The van der Waals surface area contributed by atoms with Crippen molar-refractivity contribution < 1.29 is 9.21 Å². The molecule has 1 N–H and O–H groups in total. The van der Waals surface area contributed by atoms with Gasteiger partial charge in [-0.1, -0.05) is 0 Å². The summed E-state index contributed by atoms with van der Waals surface area (Å²) < 4.78 is 5.29. The van der Waals surface area contributed by atoms with Crippen LogP contribution in [0.15, 0.2) is 28.9 Å². The lowest BCUT2D eigenvalue weighted by molar-refractivity contribution is -0.00152. The molecule has 114 valence electrons. The van der Waals surface area contributed by atoms with E-state index in [4.69, 9.17) is 4.42 Å². The number of fused-ring (bicyclic) bond motifs is 3. The highest BCUT2D eigenvalue weighted by molar-refractivity contribution is 5.94. The molecule has 4 fully saturated rings. The van der Waals surface area contributed by atoms with Gasteiger partial charge in [0.2, 0.25) is 0 Å². The van der Waals surface area contributed by atoms with E-state index in [0.29, 0.717) is 17.7 Å². The predicted octanol–water partition coefficient (Wildman–Crippen LogP) is 2.18. The first kappa shape index (κ1) is 12.6. The first-order valence-corrected chi connectivity index (χ1v) is 8.16. The molecule has 1 atom stereocenters. The van der Waals surface area contributed by atoms with E-state index in [-0.39, 0.29) is 11.4 Å². The number of hydrogen-bond donors (Lipinski definition) is 1. The number of carbonyl (C=O) groups excluding carboxylic acids is 1. The summed E-state index contributed by atoms with van der Waals surface area (Å²) in [6.07, 6.45) is 6.47. The van der Waals surface area contributed by atoms with Crippen molar-refractivity contribution in [2.24, 2.45) is 5.92 Å². The molecule has 4 aliphatic rings. The zero-order chi connectivity index (χ0) is 14.7. The second-order valence-corrected chi connectivity index (χ2v) is 6.88. The summed E-state index contributed by atoms with van der Waals surface area (Å²) in [6, 6.07) is 5.66. The average Bonchev–Trinajstić information content (AvgIpc) is 3.18. The first-order chi connectivity index (χ1) is 10.8. The number of furan rings is 1. The number of aromatic nitrogens is 1. The Morgan fingerprint density at radius 2 is 2.09 bits per heavy atom. The van der Waals surface area contributed by atoms with Crippen molar-refractivity contribution in [1.29, 1.82) is 0 Å². The topological polar surface area (TPSA) is 58.4 Å². The van der Waals surface area contributed by atoms with Crippen LogP contribution in [0.25, 0.3) is 11.1 Å². The van der Waals surface area contributed by atoms with Gasteiger partial charge in [0.05, 0.1) is 12.3 Å². The maximum atomic E-state index is 12.6. The van der Waals surface area contributed by atoms with Crippen LogP contribution in [0.4, 0.5) is 0 Å². The van der Waals surface area contributed by atoms with Crippen LogP contribution in [0.3, 0.4) is 0 Å². The van der Waals surface area contributed by atoms with E-state index in [9.17, 15) is 4.79 Å². The molecular formula is C17H19N3O2. The summed E-state index contributed by atoms with van der Waals surface area (Å²) in [6.45, 7) is 2.41. The highest BCUT2D eigenvalue weighted by atomic mass is 16.3. The maximum Gasteiger partial charge on any atom is 0.270 e. The highest BCUT2D eigenvalue weighted by Crippen LogP contribution is 2.53. The fourth-order valence-corrected chi connectivity index (χ4v) is 4.52. The van der Waals surface area contributed by atoms with Crippen LogP contribution in [-0.4, -0.2) is 40.5 Å². The third kappa shape index (κ3) is 1.69. The van der Waals surface area contributed by atoms with Crippen molar-refractivity contribution in [1.82, 2.24) is 15.2 Å². The minimum atomic E-state index is -0.0480. The molecule has 1 aliphatic carbocycles. The van der Waals surface area contributed by atoms with Crippen LogP contribution in [0.2, 0.25) is 0 Å². The van der Waals surface area contributed by atoms with Crippen LogP contribution < -0.4 is 5.32 Å². The molecule has 22 heavy (non-hydrogen) atoms. The molecule has 5 heteroatoms.